The zero-order valence-electron chi connectivity index (χ0n) is 22.4. The second-order valence-corrected chi connectivity index (χ2v) is 11.7. The fraction of sp³-hybridized carbons (Fsp3) is 0.156. The molecule has 43 heavy (non-hydrogen) atoms. The summed E-state index contributed by atoms with van der Waals surface area (Å²) < 4.78 is 82.6. The van der Waals surface area contributed by atoms with Crippen molar-refractivity contribution in [3.8, 4) is 0 Å². The minimum Gasteiger partial charge on any atom is -0.374 e. The Morgan fingerprint density at radius 1 is 0.767 bits per heavy atom. The van der Waals surface area contributed by atoms with E-state index in [2.05, 4.69) is 4.18 Å². The maximum atomic E-state index is 14.8. The first-order chi connectivity index (χ1) is 20.5. The molecule has 0 spiro atoms. The molecule has 2 atom stereocenters. The molecule has 2 aliphatic heterocycles. The van der Waals surface area contributed by atoms with Crippen LogP contribution in [0.25, 0.3) is 5.76 Å². The van der Waals surface area contributed by atoms with Crippen molar-refractivity contribution in [2.75, 3.05) is 6.54 Å². The zero-order valence-corrected chi connectivity index (χ0v) is 23.2. The number of amides is 1. The number of rotatable bonds is 7. The molecule has 0 radical (unpaired) electrons. The lowest BCUT2D eigenvalue weighted by Crippen LogP contribution is -2.42. The lowest BCUT2D eigenvalue weighted by Gasteiger charge is -2.38. The van der Waals surface area contributed by atoms with E-state index in [4.69, 9.17) is 0 Å². The summed E-state index contributed by atoms with van der Waals surface area (Å²) in [6.45, 7) is 0.0963. The molecule has 0 N–H and O–H groups in total. The van der Waals surface area contributed by atoms with Crippen LogP contribution in [0.1, 0.15) is 27.8 Å². The molecule has 0 saturated carbocycles. The summed E-state index contributed by atoms with van der Waals surface area (Å²) in [5.74, 6) is -2.40. The van der Waals surface area contributed by atoms with Gasteiger partial charge in [0.15, 0.2) is 5.76 Å². The Hall–Kier alpha value is -4.48. The number of benzene rings is 4. The fourth-order valence-electron chi connectivity index (χ4n) is 5.73. The molecule has 4 aromatic carbocycles. The van der Waals surface area contributed by atoms with E-state index in [9.17, 15) is 30.8 Å². The van der Waals surface area contributed by atoms with Crippen LogP contribution in [-0.2, 0) is 31.2 Å². The van der Waals surface area contributed by atoms with Gasteiger partial charge in [-0.25, -0.2) is 4.39 Å². The van der Waals surface area contributed by atoms with Crippen LogP contribution in [0.2, 0.25) is 0 Å². The van der Waals surface area contributed by atoms with Crippen LogP contribution >= 0.6 is 0 Å². The standard InChI is InChI=1S/C32H24F4N2O4S/c33-26-18-10-11-22-19-37(21-28(29(22)26)42-43(40,41)32(34,35)36)30(39)27-20-38(27)31(23-12-4-1-5-13-23,24-14-6-2-7-15-24)25-16-8-3-9-17-25/h1-18,21,27H,19-20H2. The molecule has 4 aromatic rings. The monoisotopic (exact) mass is 608 g/mol. The Bertz CT molecular complexity index is 1700. The first-order valence-electron chi connectivity index (χ1n) is 13.3. The molecule has 2 heterocycles. The number of carbonyl (C=O) groups is 1. The number of carbonyl (C=O) groups excluding carboxylic acids is 1. The number of hydrogen-bond donors (Lipinski definition) is 0. The van der Waals surface area contributed by atoms with E-state index in [1.54, 1.807) is 0 Å². The molecule has 0 bridgehead atoms. The molecule has 6 nitrogen and oxygen atoms in total. The molecular formula is C32H24F4N2O4S. The van der Waals surface area contributed by atoms with Gasteiger partial charge in [0.25, 0.3) is 0 Å². The molecule has 0 aliphatic carbocycles. The predicted molar refractivity (Wildman–Crippen MR) is 151 cm³/mol. The van der Waals surface area contributed by atoms with Gasteiger partial charge >= 0.3 is 15.6 Å². The van der Waals surface area contributed by atoms with Crippen LogP contribution in [0, 0.1) is 5.82 Å². The highest BCUT2D eigenvalue weighted by Crippen LogP contribution is 2.49. The Morgan fingerprint density at radius 2 is 1.28 bits per heavy atom. The summed E-state index contributed by atoms with van der Waals surface area (Å²) in [4.78, 5) is 17.1. The Labute approximate surface area is 245 Å². The third kappa shape index (κ3) is 4.98. The fourth-order valence-corrected chi connectivity index (χ4v) is 6.19. The first-order valence-corrected chi connectivity index (χ1v) is 14.7. The van der Waals surface area contributed by atoms with Crippen LogP contribution in [0.15, 0.2) is 115 Å². The Kier molecular flexibility index (Phi) is 7.10. The van der Waals surface area contributed by atoms with E-state index in [1.807, 2.05) is 95.9 Å². The van der Waals surface area contributed by atoms with Crippen molar-refractivity contribution in [2.24, 2.45) is 0 Å². The van der Waals surface area contributed by atoms with Crippen LogP contribution in [0.3, 0.4) is 0 Å². The van der Waals surface area contributed by atoms with Crippen molar-refractivity contribution in [1.29, 1.82) is 0 Å². The largest absolute Gasteiger partial charge is 0.534 e. The highest BCUT2D eigenvalue weighted by molar-refractivity contribution is 7.87. The van der Waals surface area contributed by atoms with Gasteiger partial charge in [0.1, 0.15) is 11.9 Å². The van der Waals surface area contributed by atoms with E-state index < -0.39 is 50.3 Å². The van der Waals surface area contributed by atoms with E-state index in [1.165, 1.54) is 12.1 Å². The number of fused-ring (bicyclic) bond motifs is 1. The lowest BCUT2D eigenvalue weighted by molar-refractivity contribution is -0.129. The van der Waals surface area contributed by atoms with Gasteiger partial charge in [-0.3, -0.25) is 9.69 Å². The van der Waals surface area contributed by atoms with Gasteiger partial charge in [-0.1, -0.05) is 103 Å². The van der Waals surface area contributed by atoms with Crippen molar-refractivity contribution in [3.05, 3.63) is 149 Å². The summed E-state index contributed by atoms with van der Waals surface area (Å²) in [5.41, 5.74) is -4.32. The van der Waals surface area contributed by atoms with E-state index in [0.29, 0.717) is 0 Å². The number of nitrogens with zero attached hydrogens (tertiary/aromatic N) is 2. The summed E-state index contributed by atoms with van der Waals surface area (Å²) in [7, 11) is -6.14. The van der Waals surface area contributed by atoms with Crippen LogP contribution in [0.5, 0.6) is 0 Å². The van der Waals surface area contributed by atoms with Crippen molar-refractivity contribution < 1.29 is 35.0 Å². The molecular weight excluding hydrogens is 584 g/mol. The van der Waals surface area contributed by atoms with Crippen molar-refractivity contribution in [2.45, 2.75) is 23.6 Å². The molecule has 1 amide bonds. The first kappa shape index (κ1) is 28.6. The SMILES string of the molecule is O=C(C1CN1C(c1ccccc1)(c1ccccc1)c1ccccc1)N1C=C(OS(=O)(=O)C(F)(F)F)c2c(F)cccc2C1. The van der Waals surface area contributed by atoms with Gasteiger partial charge in [-0.05, 0) is 28.3 Å². The van der Waals surface area contributed by atoms with E-state index in [0.717, 1.165) is 33.9 Å². The van der Waals surface area contributed by atoms with Crippen LogP contribution in [0.4, 0.5) is 17.6 Å². The van der Waals surface area contributed by atoms with Crippen molar-refractivity contribution >= 4 is 21.8 Å². The quantitative estimate of drug-likeness (QED) is 0.0846. The van der Waals surface area contributed by atoms with Gasteiger partial charge in [0.05, 0.1) is 23.8 Å². The minimum atomic E-state index is -6.14. The number of hydrogen-bond acceptors (Lipinski definition) is 5. The zero-order chi connectivity index (χ0) is 30.4. The Morgan fingerprint density at radius 3 is 1.77 bits per heavy atom. The maximum absolute atomic E-state index is 14.8. The molecule has 6 rings (SSSR count). The van der Waals surface area contributed by atoms with Gasteiger partial charge in [0, 0.05) is 6.54 Å². The van der Waals surface area contributed by atoms with Crippen LogP contribution < -0.4 is 0 Å². The maximum Gasteiger partial charge on any atom is 0.534 e. The van der Waals surface area contributed by atoms with E-state index >= 15 is 0 Å². The summed E-state index contributed by atoms with van der Waals surface area (Å²) >= 11 is 0. The second-order valence-electron chi connectivity index (χ2n) is 10.2. The third-order valence-corrected chi connectivity index (χ3v) is 8.59. The van der Waals surface area contributed by atoms with Crippen LogP contribution in [-0.4, -0.2) is 42.2 Å². The normalized spacial score (nSPS) is 18.4. The van der Waals surface area contributed by atoms with Crippen molar-refractivity contribution in [1.82, 2.24) is 9.80 Å². The van der Waals surface area contributed by atoms with Crippen molar-refractivity contribution in [3.63, 3.8) is 0 Å². The van der Waals surface area contributed by atoms with Gasteiger partial charge < -0.3 is 9.08 Å². The van der Waals surface area contributed by atoms with Gasteiger partial charge in [-0.15, -0.1) is 0 Å². The van der Waals surface area contributed by atoms with E-state index in [-0.39, 0.29) is 18.7 Å². The molecule has 2 aliphatic rings. The summed E-state index contributed by atoms with van der Waals surface area (Å²) in [6.07, 6.45) is 0.836. The van der Waals surface area contributed by atoms with Gasteiger partial charge in [-0.2, -0.15) is 21.6 Å². The number of halogens is 4. The molecule has 0 aromatic heterocycles. The van der Waals surface area contributed by atoms with Gasteiger partial charge in [0.2, 0.25) is 5.91 Å². The Balaban J connectivity index is 1.43. The molecule has 220 valence electrons. The summed E-state index contributed by atoms with van der Waals surface area (Å²) in [5, 5.41) is 0. The predicted octanol–water partition coefficient (Wildman–Crippen LogP) is 6.01. The lowest BCUT2D eigenvalue weighted by atomic mass is 9.76. The number of alkyl halides is 3. The molecule has 1 saturated heterocycles. The topological polar surface area (TPSA) is 66.7 Å². The highest BCUT2D eigenvalue weighted by atomic mass is 32.2. The summed E-state index contributed by atoms with van der Waals surface area (Å²) in [6, 6.07) is 31.8. The third-order valence-electron chi connectivity index (χ3n) is 7.63. The molecule has 2 unspecified atom stereocenters. The average molecular weight is 609 g/mol. The highest BCUT2D eigenvalue weighted by Gasteiger charge is 2.57. The molecule has 1 fully saturated rings. The smallest absolute Gasteiger partial charge is 0.374 e. The average Bonchev–Trinajstić information content (AvgIpc) is 3.79. The second kappa shape index (κ2) is 10.7. The molecule has 11 heteroatoms. The minimum absolute atomic E-state index is 0.107.